The van der Waals surface area contributed by atoms with Gasteiger partial charge in [-0.2, -0.15) is 0 Å². The Hall–Kier alpha value is -3.39. The molecule has 3 rings (SSSR count). The zero-order valence-electron chi connectivity index (χ0n) is 23.5. The maximum atomic E-state index is 13.5. The lowest BCUT2D eigenvalue weighted by Gasteiger charge is -2.27. The lowest BCUT2D eigenvalue weighted by Crippen LogP contribution is -2.58. The van der Waals surface area contributed by atoms with Crippen molar-refractivity contribution >= 4 is 17.7 Å². The molecule has 3 atom stereocenters. The number of carbonyl (C=O) groups excluding carboxylic acids is 3. The van der Waals surface area contributed by atoms with Gasteiger partial charge in [0.1, 0.15) is 17.8 Å². The Labute approximate surface area is 232 Å². The van der Waals surface area contributed by atoms with Crippen LogP contribution in [-0.2, 0) is 33.6 Å². The number of aromatic hydroxyl groups is 1. The Bertz CT molecular complexity index is 1090. The quantitative estimate of drug-likeness (QED) is 0.403. The molecular formula is C31H44N4O4. The van der Waals surface area contributed by atoms with E-state index < -0.39 is 18.1 Å². The van der Waals surface area contributed by atoms with Crippen LogP contribution in [0.2, 0.25) is 0 Å². The summed E-state index contributed by atoms with van der Waals surface area (Å²) in [6.45, 7) is 6.89. The van der Waals surface area contributed by atoms with Crippen molar-refractivity contribution in [2.24, 2.45) is 5.92 Å². The van der Waals surface area contributed by atoms with E-state index in [1.54, 1.807) is 24.3 Å². The molecule has 0 unspecified atom stereocenters. The molecular weight excluding hydrogens is 492 g/mol. The summed E-state index contributed by atoms with van der Waals surface area (Å²) in [6, 6.07) is 13.1. The molecule has 0 saturated heterocycles. The van der Waals surface area contributed by atoms with Crippen molar-refractivity contribution in [3.63, 3.8) is 0 Å². The van der Waals surface area contributed by atoms with Gasteiger partial charge in [-0.15, -0.1) is 0 Å². The molecule has 5 N–H and O–H groups in total. The third-order valence-corrected chi connectivity index (χ3v) is 7.23. The van der Waals surface area contributed by atoms with Gasteiger partial charge in [-0.3, -0.25) is 14.4 Å². The molecule has 39 heavy (non-hydrogen) atoms. The number of nitrogens with one attached hydrogen (secondary N) is 4. The molecule has 1 aliphatic rings. The molecule has 0 bridgehead atoms. The Morgan fingerprint density at radius 1 is 0.821 bits per heavy atom. The highest BCUT2D eigenvalue weighted by Gasteiger charge is 2.30. The Morgan fingerprint density at radius 2 is 1.51 bits per heavy atom. The monoisotopic (exact) mass is 536 g/mol. The zero-order valence-corrected chi connectivity index (χ0v) is 23.5. The molecule has 0 fully saturated rings. The zero-order chi connectivity index (χ0) is 28.2. The Balaban J connectivity index is 1.84. The van der Waals surface area contributed by atoms with Gasteiger partial charge in [0.2, 0.25) is 17.7 Å². The number of hydrogen-bond acceptors (Lipinski definition) is 5. The molecule has 212 valence electrons. The van der Waals surface area contributed by atoms with Crippen molar-refractivity contribution in [2.45, 2.75) is 83.8 Å². The number of phenolic OH excluding ortho intramolecular Hbond substituents is 1. The van der Waals surface area contributed by atoms with Gasteiger partial charge in [0.05, 0.1) is 6.04 Å². The number of hydrogen-bond donors (Lipinski definition) is 5. The number of amides is 3. The van der Waals surface area contributed by atoms with E-state index in [4.69, 9.17) is 0 Å². The van der Waals surface area contributed by atoms with Gasteiger partial charge in [-0.05, 0) is 79.8 Å². The predicted octanol–water partition coefficient (Wildman–Crippen LogP) is 3.01. The third-order valence-electron chi connectivity index (χ3n) is 7.23. The van der Waals surface area contributed by atoms with Gasteiger partial charge < -0.3 is 26.4 Å². The third kappa shape index (κ3) is 9.39. The van der Waals surface area contributed by atoms with Gasteiger partial charge in [0.15, 0.2) is 0 Å². The second kappa shape index (κ2) is 15.3. The highest BCUT2D eigenvalue weighted by molar-refractivity contribution is 5.93. The smallest absolute Gasteiger partial charge is 0.243 e. The van der Waals surface area contributed by atoms with E-state index in [1.807, 2.05) is 32.9 Å². The van der Waals surface area contributed by atoms with E-state index in [2.05, 4.69) is 33.4 Å². The van der Waals surface area contributed by atoms with Crippen molar-refractivity contribution in [1.82, 2.24) is 21.3 Å². The number of fused-ring (bicyclic) bond motifs is 1. The average molecular weight is 537 g/mol. The van der Waals surface area contributed by atoms with Crippen molar-refractivity contribution in [1.29, 1.82) is 0 Å². The molecule has 0 aliphatic carbocycles. The van der Waals surface area contributed by atoms with Gasteiger partial charge in [0.25, 0.3) is 0 Å². The van der Waals surface area contributed by atoms with Crippen molar-refractivity contribution < 1.29 is 19.5 Å². The first-order valence-corrected chi connectivity index (χ1v) is 14.2. The topological polar surface area (TPSA) is 120 Å². The van der Waals surface area contributed by atoms with Crippen LogP contribution in [0.3, 0.4) is 0 Å². The lowest BCUT2D eigenvalue weighted by molar-refractivity contribution is -0.133. The van der Waals surface area contributed by atoms with Gasteiger partial charge in [-0.25, -0.2) is 0 Å². The minimum absolute atomic E-state index is 0.170. The average Bonchev–Trinajstić information content (AvgIpc) is 2.91. The van der Waals surface area contributed by atoms with E-state index in [-0.39, 0.29) is 29.4 Å². The van der Waals surface area contributed by atoms with Crippen molar-refractivity contribution in [3.8, 4) is 5.75 Å². The Kier molecular flexibility index (Phi) is 11.8. The summed E-state index contributed by atoms with van der Waals surface area (Å²) in [7, 11) is 0. The van der Waals surface area contributed by atoms with Crippen LogP contribution in [0.5, 0.6) is 5.75 Å². The second-order valence-corrected chi connectivity index (χ2v) is 10.7. The highest BCUT2D eigenvalue weighted by atomic mass is 16.3. The van der Waals surface area contributed by atoms with Crippen LogP contribution >= 0.6 is 0 Å². The fraction of sp³-hybridized carbons (Fsp3) is 0.516. The van der Waals surface area contributed by atoms with E-state index in [0.29, 0.717) is 25.9 Å². The van der Waals surface area contributed by atoms with Crippen LogP contribution in [0.15, 0.2) is 48.5 Å². The first kappa shape index (κ1) is 30.2. The van der Waals surface area contributed by atoms with E-state index in [9.17, 15) is 19.5 Å². The first-order valence-electron chi connectivity index (χ1n) is 14.2. The molecule has 8 nitrogen and oxygen atoms in total. The summed E-state index contributed by atoms with van der Waals surface area (Å²) < 4.78 is 0. The van der Waals surface area contributed by atoms with Crippen molar-refractivity contribution in [2.75, 3.05) is 13.1 Å². The molecule has 1 heterocycles. The highest BCUT2D eigenvalue weighted by Crippen LogP contribution is 2.15. The van der Waals surface area contributed by atoms with Crippen molar-refractivity contribution in [3.05, 3.63) is 65.2 Å². The number of benzene rings is 2. The number of carbonyl (C=O) groups is 3. The second-order valence-electron chi connectivity index (χ2n) is 10.7. The molecule has 3 amide bonds. The summed E-state index contributed by atoms with van der Waals surface area (Å²) >= 11 is 0. The molecule has 8 heteroatoms. The Morgan fingerprint density at radius 3 is 2.18 bits per heavy atom. The SMILES string of the molecule is CCC[C@@H]1NC(=O)[C@@H](C(C)C)NC(=O)[C@@H](Cc2ccc(O)cc2)NCCCCc2ccccc2CCNC1=O. The minimum atomic E-state index is -0.778. The predicted molar refractivity (Wildman–Crippen MR) is 153 cm³/mol. The maximum Gasteiger partial charge on any atom is 0.243 e. The summed E-state index contributed by atoms with van der Waals surface area (Å²) in [5, 5.41) is 21.9. The van der Waals surface area contributed by atoms with Crippen LogP contribution in [0, 0.1) is 5.92 Å². The molecule has 2 aromatic carbocycles. The van der Waals surface area contributed by atoms with Gasteiger partial charge in [-0.1, -0.05) is 63.6 Å². The fourth-order valence-corrected chi connectivity index (χ4v) is 4.94. The summed E-state index contributed by atoms with van der Waals surface area (Å²) in [5.74, 6) is -0.828. The number of phenols is 1. The standard InChI is InChI=1S/C31H44N4O4/c1-4-9-26-29(37)33-19-17-24-11-6-5-10-23(24)12-7-8-18-32-27(20-22-13-15-25(36)16-14-22)30(38)35-28(21(2)3)31(39)34-26/h5-6,10-11,13-16,21,26-28,32,36H,4,7-9,12,17-20H2,1-3H3,(H,33,37)(H,34,39)(H,35,38)/t26-,27+,28+/m0/s1. The largest absolute Gasteiger partial charge is 0.508 e. The molecule has 2 aromatic rings. The van der Waals surface area contributed by atoms with Crippen LogP contribution < -0.4 is 21.3 Å². The molecule has 0 saturated carbocycles. The van der Waals surface area contributed by atoms with Crippen LogP contribution in [0.4, 0.5) is 0 Å². The summed E-state index contributed by atoms with van der Waals surface area (Å²) in [5.41, 5.74) is 3.39. The minimum Gasteiger partial charge on any atom is -0.508 e. The van der Waals surface area contributed by atoms with Crippen LogP contribution in [0.1, 0.15) is 63.1 Å². The number of aryl methyl sites for hydroxylation is 1. The van der Waals surface area contributed by atoms with E-state index in [0.717, 1.165) is 37.7 Å². The molecule has 0 aromatic heterocycles. The molecule has 0 spiro atoms. The molecule has 1 aliphatic heterocycles. The first-order chi connectivity index (χ1) is 18.8. The van der Waals surface area contributed by atoms with E-state index in [1.165, 1.54) is 11.1 Å². The summed E-state index contributed by atoms with van der Waals surface area (Å²) in [6.07, 6.45) is 5.16. The normalized spacial score (nSPS) is 22.2. The van der Waals surface area contributed by atoms with Gasteiger partial charge >= 0.3 is 0 Å². The van der Waals surface area contributed by atoms with Crippen LogP contribution in [0.25, 0.3) is 0 Å². The van der Waals surface area contributed by atoms with E-state index >= 15 is 0 Å². The maximum absolute atomic E-state index is 13.5. The number of rotatable bonds is 5. The molecule has 0 radical (unpaired) electrons. The summed E-state index contributed by atoms with van der Waals surface area (Å²) in [4.78, 5) is 39.9. The lowest BCUT2D eigenvalue weighted by atomic mass is 9.98. The fourth-order valence-electron chi connectivity index (χ4n) is 4.94. The van der Waals surface area contributed by atoms with Gasteiger partial charge in [0, 0.05) is 6.54 Å². The van der Waals surface area contributed by atoms with Crippen LogP contribution in [-0.4, -0.2) is 54.0 Å².